The lowest BCUT2D eigenvalue weighted by Crippen LogP contribution is -2.16. The Hall–Kier alpha value is -3.21. The first-order valence-corrected chi connectivity index (χ1v) is 10.5. The molecule has 4 rings (SSSR count). The van der Waals surface area contributed by atoms with Gasteiger partial charge in [0.05, 0.1) is 18.1 Å². The largest absolute Gasteiger partial charge is 0.490 e. The predicted octanol–water partition coefficient (Wildman–Crippen LogP) is 5.25. The van der Waals surface area contributed by atoms with Crippen LogP contribution < -0.4 is 9.47 Å². The maximum absolute atomic E-state index is 12.8. The minimum Gasteiger partial charge on any atom is -0.490 e. The Morgan fingerprint density at radius 1 is 1.10 bits per heavy atom. The number of ether oxygens (including phenoxy) is 2. The first kappa shape index (κ1) is 20.1. The van der Waals surface area contributed by atoms with Crippen molar-refractivity contribution in [1.29, 1.82) is 0 Å². The molecular weight excluding hydrogens is 378 g/mol. The van der Waals surface area contributed by atoms with Crippen molar-refractivity contribution in [1.82, 2.24) is 0 Å². The van der Waals surface area contributed by atoms with E-state index in [-0.39, 0.29) is 11.7 Å². The highest BCUT2D eigenvalue weighted by Gasteiger charge is 2.33. The Bertz CT molecular complexity index is 1010. The van der Waals surface area contributed by atoms with Gasteiger partial charge in [-0.25, -0.2) is 4.79 Å². The molecule has 1 unspecified atom stereocenters. The molecule has 2 aromatic rings. The summed E-state index contributed by atoms with van der Waals surface area (Å²) in [5.74, 6) is 0.436. The molecule has 0 bridgehead atoms. The predicted molar refractivity (Wildman–Crippen MR) is 116 cm³/mol. The van der Waals surface area contributed by atoms with Gasteiger partial charge in [-0.3, -0.25) is 9.79 Å². The number of rotatable bonds is 5. The van der Waals surface area contributed by atoms with Crippen LogP contribution >= 0.6 is 0 Å². The van der Waals surface area contributed by atoms with Crippen LogP contribution in [0.4, 0.5) is 0 Å². The average molecular weight is 403 g/mol. The third-order valence-electron chi connectivity index (χ3n) is 5.44. The van der Waals surface area contributed by atoms with Crippen LogP contribution in [-0.2, 0) is 4.79 Å². The number of ketones is 1. The standard InChI is InChI=1S/C25H25NO4/c1-2-29-23-16-17(13-14-22(23)30-25(28)18-9-5-3-6-10-18)15-21-24(27)19-11-7-4-8-12-20(19)26-21/h3,5-6,9-10,13-16,19H,2,4,7-8,11-12H2,1H3/b21-15+. The Kier molecular flexibility index (Phi) is 6.07. The van der Waals surface area contributed by atoms with Gasteiger partial charge in [-0.1, -0.05) is 37.1 Å². The Labute approximate surface area is 176 Å². The summed E-state index contributed by atoms with van der Waals surface area (Å²) in [5, 5.41) is 0. The van der Waals surface area contributed by atoms with Crippen LogP contribution in [0.15, 0.2) is 59.2 Å². The van der Waals surface area contributed by atoms with Crippen LogP contribution in [0.1, 0.15) is 54.9 Å². The van der Waals surface area contributed by atoms with E-state index in [1.54, 1.807) is 42.5 Å². The number of carbonyl (C=O) groups excluding carboxylic acids is 2. The highest BCUT2D eigenvalue weighted by atomic mass is 16.6. The van der Waals surface area contributed by atoms with E-state index in [0.717, 1.165) is 37.0 Å². The third-order valence-corrected chi connectivity index (χ3v) is 5.44. The van der Waals surface area contributed by atoms with Crippen molar-refractivity contribution in [2.24, 2.45) is 10.9 Å². The summed E-state index contributed by atoms with van der Waals surface area (Å²) < 4.78 is 11.2. The van der Waals surface area contributed by atoms with E-state index in [4.69, 9.17) is 9.47 Å². The first-order chi connectivity index (χ1) is 14.7. The second-order valence-electron chi connectivity index (χ2n) is 7.54. The Morgan fingerprint density at radius 3 is 2.73 bits per heavy atom. The average Bonchev–Trinajstić information content (AvgIpc) is 2.92. The van der Waals surface area contributed by atoms with E-state index in [1.165, 1.54) is 6.42 Å². The molecule has 1 heterocycles. The molecule has 0 radical (unpaired) electrons. The maximum Gasteiger partial charge on any atom is 0.343 e. The smallest absolute Gasteiger partial charge is 0.343 e. The summed E-state index contributed by atoms with van der Waals surface area (Å²) in [6.07, 6.45) is 6.96. The normalized spacial score (nSPS) is 19.8. The SMILES string of the molecule is CCOc1cc(/C=C2/N=C3CCCCCC3C2=O)ccc1OC(=O)c1ccccc1. The van der Waals surface area contributed by atoms with Crippen molar-refractivity contribution in [3.8, 4) is 11.5 Å². The molecule has 0 N–H and O–H groups in total. The molecule has 5 heteroatoms. The van der Waals surface area contributed by atoms with E-state index in [2.05, 4.69) is 4.99 Å². The van der Waals surface area contributed by atoms with Crippen molar-refractivity contribution < 1.29 is 19.1 Å². The number of esters is 1. The first-order valence-electron chi connectivity index (χ1n) is 10.5. The number of nitrogens with zero attached hydrogens (tertiary/aromatic N) is 1. The number of hydrogen-bond acceptors (Lipinski definition) is 5. The van der Waals surface area contributed by atoms with E-state index in [9.17, 15) is 9.59 Å². The number of aliphatic imine (C=N–C) groups is 1. The lowest BCUT2D eigenvalue weighted by molar-refractivity contribution is -0.116. The molecule has 1 aliphatic heterocycles. The van der Waals surface area contributed by atoms with Gasteiger partial charge in [0, 0.05) is 5.71 Å². The molecule has 0 aromatic heterocycles. The minimum atomic E-state index is -0.444. The molecule has 1 atom stereocenters. The van der Waals surface area contributed by atoms with Gasteiger partial charge in [0.25, 0.3) is 0 Å². The molecule has 30 heavy (non-hydrogen) atoms. The van der Waals surface area contributed by atoms with Crippen LogP contribution in [0, 0.1) is 5.92 Å². The lowest BCUT2D eigenvalue weighted by Gasteiger charge is -2.11. The number of allylic oxidation sites excluding steroid dienone is 1. The molecule has 0 amide bonds. The summed E-state index contributed by atoms with van der Waals surface area (Å²) in [6.45, 7) is 2.30. The number of Topliss-reactive ketones (excluding diaryl/α,β-unsaturated/α-hetero) is 1. The topological polar surface area (TPSA) is 65.0 Å². The molecule has 0 saturated heterocycles. The Morgan fingerprint density at radius 2 is 1.93 bits per heavy atom. The zero-order valence-electron chi connectivity index (χ0n) is 17.1. The zero-order chi connectivity index (χ0) is 20.9. The van der Waals surface area contributed by atoms with Crippen LogP contribution in [0.3, 0.4) is 0 Å². The van der Waals surface area contributed by atoms with Gasteiger partial charge in [0.15, 0.2) is 17.3 Å². The number of hydrogen-bond donors (Lipinski definition) is 0. The molecule has 1 saturated carbocycles. The van der Waals surface area contributed by atoms with Crippen LogP contribution in [0.5, 0.6) is 11.5 Å². The quantitative estimate of drug-likeness (QED) is 0.389. The van der Waals surface area contributed by atoms with Gasteiger partial charge in [-0.15, -0.1) is 0 Å². The molecule has 2 aromatic carbocycles. The van der Waals surface area contributed by atoms with Gasteiger partial charge < -0.3 is 9.47 Å². The van der Waals surface area contributed by atoms with Crippen molar-refractivity contribution in [2.45, 2.75) is 39.0 Å². The van der Waals surface area contributed by atoms with E-state index < -0.39 is 5.97 Å². The van der Waals surface area contributed by atoms with Gasteiger partial charge >= 0.3 is 5.97 Å². The molecule has 0 spiro atoms. The molecule has 1 fully saturated rings. The summed E-state index contributed by atoms with van der Waals surface area (Å²) in [5.41, 5.74) is 2.80. The van der Waals surface area contributed by atoms with Gasteiger partial charge in [-0.2, -0.15) is 0 Å². The van der Waals surface area contributed by atoms with Crippen LogP contribution in [0.2, 0.25) is 0 Å². The van der Waals surface area contributed by atoms with Crippen LogP contribution in [0.25, 0.3) is 6.08 Å². The maximum atomic E-state index is 12.8. The summed E-state index contributed by atoms with van der Waals surface area (Å²) >= 11 is 0. The van der Waals surface area contributed by atoms with E-state index >= 15 is 0 Å². The number of carbonyl (C=O) groups is 2. The van der Waals surface area contributed by atoms with Gasteiger partial charge in [0.2, 0.25) is 0 Å². The second kappa shape index (κ2) is 9.08. The summed E-state index contributed by atoms with van der Waals surface area (Å²) in [6, 6.07) is 14.1. The summed E-state index contributed by atoms with van der Waals surface area (Å²) in [7, 11) is 0. The van der Waals surface area contributed by atoms with Crippen molar-refractivity contribution in [3.05, 3.63) is 65.4 Å². The second-order valence-corrected chi connectivity index (χ2v) is 7.54. The molecule has 2 aliphatic rings. The minimum absolute atomic E-state index is 0.0452. The fraction of sp³-hybridized carbons (Fsp3) is 0.320. The van der Waals surface area contributed by atoms with Crippen LogP contribution in [-0.4, -0.2) is 24.1 Å². The summed E-state index contributed by atoms with van der Waals surface area (Å²) in [4.78, 5) is 29.8. The van der Waals surface area contributed by atoms with Gasteiger partial charge in [0.1, 0.15) is 5.70 Å². The number of benzene rings is 2. The fourth-order valence-corrected chi connectivity index (χ4v) is 3.94. The highest BCUT2D eigenvalue weighted by Crippen LogP contribution is 2.34. The fourth-order valence-electron chi connectivity index (χ4n) is 3.94. The number of fused-ring (bicyclic) bond motifs is 1. The lowest BCUT2D eigenvalue weighted by atomic mass is 9.95. The molecule has 154 valence electrons. The zero-order valence-corrected chi connectivity index (χ0v) is 17.1. The highest BCUT2D eigenvalue weighted by molar-refractivity contribution is 6.19. The van der Waals surface area contributed by atoms with E-state index in [1.807, 2.05) is 19.1 Å². The van der Waals surface area contributed by atoms with Crippen molar-refractivity contribution >= 4 is 23.5 Å². The Balaban J connectivity index is 1.58. The molecule has 5 nitrogen and oxygen atoms in total. The van der Waals surface area contributed by atoms with Crippen molar-refractivity contribution in [3.63, 3.8) is 0 Å². The monoisotopic (exact) mass is 403 g/mol. The molecular formula is C25H25NO4. The van der Waals surface area contributed by atoms with E-state index in [0.29, 0.717) is 29.4 Å². The molecule has 1 aliphatic carbocycles. The van der Waals surface area contributed by atoms with Crippen molar-refractivity contribution in [2.75, 3.05) is 6.61 Å². The van der Waals surface area contributed by atoms with Gasteiger partial charge in [-0.05, 0) is 62.1 Å². The third kappa shape index (κ3) is 4.35.